The molecule has 8 heteroatoms. The maximum Gasteiger partial charge on any atom is 0.328 e. The molecule has 0 bridgehead atoms. The monoisotopic (exact) mass is 477 g/mol. The highest BCUT2D eigenvalue weighted by Crippen LogP contribution is 2.33. The lowest BCUT2D eigenvalue weighted by atomic mass is 10.1. The average molecular weight is 478 g/mol. The Morgan fingerprint density at radius 3 is 1.91 bits per heavy atom. The molecule has 1 N–H and O–H groups in total. The molecular weight excluding hydrogens is 450 g/mol. The standard InChI is InChI=1S/C27H27NO7/c1-32-24(29)16-22(27(31)33-2)28-26(30)21-14-9-15-23(34-17-19-10-5-3-6-11-19)25(21)35-18-20-12-7-4-8-13-20/h3-15,22H,16-18H2,1-2H3,(H,28,30)/t22-/m0/s1. The highest BCUT2D eigenvalue weighted by Gasteiger charge is 2.27. The van der Waals surface area contributed by atoms with E-state index >= 15 is 0 Å². The second-order valence-electron chi connectivity index (χ2n) is 7.51. The van der Waals surface area contributed by atoms with Gasteiger partial charge in [0.25, 0.3) is 5.91 Å². The fourth-order valence-corrected chi connectivity index (χ4v) is 3.24. The van der Waals surface area contributed by atoms with Crippen LogP contribution in [0, 0.1) is 0 Å². The normalized spacial score (nSPS) is 11.1. The molecule has 0 saturated heterocycles. The lowest BCUT2D eigenvalue weighted by molar-refractivity contribution is -0.149. The van der Waals surface area contributed by atoms with Gasteiger partial charge in [0, 0.05) is 0 Å². The van der Waals surface area contributed by atoms with E-state index in [4.69, 9.17) is 14.2 Å². The van der Waals surface area contributed by atoms with Crippen LogP contribution in [0.3, 0.4) is 0 Å². The molecule has 0 radical (unpaired) electrons. The van der Waals surface area contributed by atoms with Crippen molar-refractivity contribution in [3.63, 3.8) is 0 Å². The van der Waals surface area contributed by atoms with Crippen LogP contribution in [-0.2, 0) is 32.3 Å². The van der Waals surface area contributed by atoms with Crippen LogP contribution in [0.15, 0.2) is 78.9 Å². The van der Waals surface area contributed by atoms with E-state index in [1.54, 1.807) is 18.2 Å². The lowest BCUT2D eigenvalue weighted by Crippen LogP contribution is -2.43. The summed E-state index contributed by atoms with van der Waals surface area (Å²) in [6.07, 6.45) is -0.376. The second kappa shape index (κ2) is 12.8. The maximum absolute atomic E-state index is 13.2. The van der Waals surface area contributed by atoms with Crippen molar-refractivity contribution in [2.24, 2.45) is 0 Å². The molecular formula is C27H27NO7. The molecule has 0 aliphatic rings. The summed E-state index contributed by atoms with van der Waals surface area (Å²) in [5.41, 5.74) is 1.99. The molecule has 0 aliphatic heterocycles. The SMILES string of the molecule is COC(=O)C[C@H](NC(=O)c1cccc(OCc2ccccc2)c1OCc1ccccc1)C(=O)OC. The van der Waals surface area contributed by atoms with Crippen LogP contribution < -0.4 is 14.8 Å². The highest BCUT2D eigenvalue weighted by molar-refractivity contribution is 6.00. The number of hydrogen-bond donors (Lipinski definition) is 1. The van der Waals surface area contributed by atoms with Crippen molar-refractivity contribution in [2.75, 3.05) is 14.2 Å². The Balaban J connectivity index is 1.87. The Morgan fingerprint density at radius 1 is 0.743 bits per heavy atom. The van der Waals surface area contributed by atoms with Crippen LogP contribution in [0.1, 0.15) is 27.9 Å². The van der Waals surface area contributed by atoms with E-state index in [-0.39, 0.29) is 30.9 Å². The predicted molar refractivity (Wildman–Crippen MR) is 128 cm³/mol. The Hall–Kier alpha value is -4.33. The number of methoxy groups -OCH3 is 2. The van der Waals surface area contributed by atoms with Crippen molar-refractivity contribution >= 4 is 17.8 Å². The third kappa shape index (κ3) is 7.33. The number of nitrogens with one attached hydrogen (secondary N) is 1. The molecule has 0 heterocycles. The second-order valence-corrected chi connectivity index (χ2v) is 7.51. The zero-order valence-corrected chi connectivity index (χ0v) is 19.6. The van der Waals surface area contributed by atoms with Gasteiger partial charge in [-0.15, -0.1) is 0 Å². The molecule has 1 amide bonds. The molecule has 8 nitrogen and oxygen atoms in total. The molecule has 0 spiro atoms. The van der Waals surface area contributed by atoms with Gasteiger partial charge in [0.2, 0.25) is 0 Å². The first-order valence-electron chi connectivity index (χ1n) is 10.9. The largest absolute Gasteiger partial charge is 0.485 e. The third-order valence-electron chi connectivity index (χ3n) is 5.08. The Kier molecular flexibility index (Phi) is 9.24. The first-order chi connectivity index (χ1) is 17.0. The zero-order chi connectivity index (χ0) is 25.0. The van der Waals surface area contributed by atoms with E-state index in [1.807, 2.05) is 60.7 Å². The van der Waals surface area contributed by atoms with E-state index < -0.39 is 23.9 Å². The van der Waals surface area contributed by atoms with Gasteiger partial charge in [0.15, 0.2) is 11.5 Å². The van der Waals surface area contributed by atoms with Crippen LogP contribution in [0.2, 0.25) is 0 Å². The average Bonchev–Trinajstić information content (AvgIpc) is 2.90. The Morgan fingerprint density at radius 2 is 1.34 bits per heavy atom. The zero-order valence-electron chi connectivity index (χ0n) is 19.6. The number of para-hydroxylation sites is 1. The summed E-state index contributed by atoms with van der Waals surface area (Å²) in [6.45, 7) is 0.455. The topological polar surface area (TPSA) is 100 Å². The van der Waals surface area contributed by atoms with Crippen molar-refractivity contribution < 1.29 is 33.3 Å². The summed E-state index contributed by atoms with van der Waals surface area (Å²) in [7, 11) is 2.37. The molecule has 0 fully saturated rings. The fraction of sp³-hybridized carbons (Fsp3) is 0.222. The lowest BCUT2D eigenvalue weighted by Gasteiger charge is -2.19. The summed E-state index contributed by atoms with van der Waals surface area (Å²) in [6, 6.07) is 22.7. The molecule has 182 valence electrons. The molecule has 35 heavy (non-hydrogen) atoms. The van der Waals surface area contributed by atoms with Gasteiger partial charge in [-0.2, -0.15) is 0 Å². The number of carbonyl (C=O) groups excluding carboxylic acids is 3. The summed E-state index contributed by atoms with van der Waals surface area (Å²) in [5.74, 6) is -1.49. The number of benzene rings is 3. The predicted octanol–water partition coefficient (Wildman–Crippen LogP) is 3.68. The number of hydrogen-bond acceptors (Lipinski definition) is 7. The molecule has 3 aromatic carbocycles. The summed E-state index contributed by atoms with van der Waals surface area (Å²) in [4.78, 5) is 37.1. The van der Waals surface area contributed by atoms with E-state index in [1.165, 1.54) is 14.2 Å². The van der Waals surface area contributed by atoms with Crippen LogP contribution >= 0.6 is 0 Å². The minimum absolute atomic E-state index is 0.144. The molecule has 0 unspecified atom stereocenters. The number of carbonyl (C=O) groups is 3. The van der Waals surface area contributed by atoms with Gasteiger partial charge in [0.1, 0.15) is 19.3 Å². The van der Waals surface area contributed by atoms with Gasteiger partial charge in [-0.3, -0.25) is 9.59 Å². The maximum atomic E-state index is 13.2. The van der Waals surface area contributed by atoms with E-state index in [0.29, 0.717) is 5.75 Å². The summed E-state index contributed by atoms with van der Waals surface area (Å²) >= 11 is 0. The first-order valence-corrected chi connectivity index (χ1v) is 10.9. The minimum atomic E-state index is -1.23. The molecule has 3 aromatic rings. The van der Waals surface area contributed by atoms with E-state index in [2.05, 4.69) is 10.1 Å². The summed E-state index contributed by atoms with van der Waals surface area (Å²) < 4.78 is 21.4. The number of rotatable bonds is 11. The highest BCUT2D eigenvalue weighted by atomic mass is 16.5. The van der Waals surface area contributed by atoms with Crippen LogP contribution in [0.5, 0.6) is 11.5 Å². The number of esters is 2. The molecule has 3 rings (SSSR count). The molecule has 0 aromatic heterocycles. The van der Waals surface area contributed by atoms with Gasteiger partial charge in [-0.05, 0) is 23.3 Å². The quantitative estimate of drug-likeness (QED) is 0.421. The van der Waals surface area contributed by atoms with Crippen LogP contribution in [0.4, 0.5) is 0 Å². The first kappa shape index (κ1) is 25.3. The fourth-order valence-electron chi connectivity index (χ4n) is 3.24. The van der Waals surface area contributed by atoms with Gasteiger partial charge >= 0.3 is 11.9 Å². The van der Waals surface area contributed by atoms with Crippen molar-refractivity contribution in [3.05, 3.63) is 95.6 Å². The third-order valence-corrected chi connectivity index (χ3v) is 5.08. The Labute approximate surface area is 203 Å². The molecule has 0 saturated carbocycles. The number of ether oxygens (including phenoxy) is 4. The van der Waals surface area contributed by atoms with Gasteiger partial charge in [-0.25, -0.2) is 4.79 Å². The van der Waals surface area contributed by atoms with Crippen LogP contribution in [0.25, 0.3) is 0 Å². The minimum Gasteiger partial charge on any atom is -0.485 e. The van der Waals surface area contributed by atoms with Crippen molar-refractivity contribution in [1.82, 2.24) is 5.32 Å². The number of amides is 1. The van der Waals surface area contributed by atoms with E-state index in [0.717, 1.165) is 11.1 Å². The molecule has 1 atom stereocenters. The molecule has 0 aliphatic carbocycles. The van der Waals surface area contributed by atoms with Crippen molar-refractivity contribution in [1.29, 1.82) is 0 Å². The summed E-state index contributed by atoms with van der Waals surface area (Å²) in [5, 5.41) is 2.54. The smallest absolute Gasteiger partial charge is 0.328 e. The van der Waals surface area contributed by atoms with Crippen LogP contribution in [-0.4, -0.2) is 38.1 Å². The van der Waals surface area contributed by atoms with Gasteiger partial charge < -0.3 is 24.3 Å². The van der Waals surface area contributed by atoms with Gasteiger partial charge in [-0.1, -0.05) is 66.7 Å². The Bertz CT molecular complexity index is 1130. The van der Waals surface area contributed by atoms with E-state index in [9.17, 15) is 14.4 Å². The van der Waals surface area contributed by atoms with Crippen molar-refractivity contribution in [3.8, 4) is 11.5 Å². The van der Waals surface area contributed by atoms with Gasteiger partial charge in [0.05, 0.1) is 26.2 Å². The van der Waals surface area contributed by atoms with Crippen molar-refractivity contribution in [2.45, 2.75) is 25.7 Å².